The van der Waals surface area contributed by atoms with Gasteiger partial charge in [-0.3, -0.25) is 4.79 Å². The Morgan fingerprint density at radius 2 is 2.19 bits per heavy atom. The number of amides is 1. The van der Waals surface area contributed by atoms with Gasteiger partial charge in [0.05, 0.1) is 0 Å². The second-order valence-electron chi connectivity index (χ2n) is 6.40. The molecule has 0 radical (unpaired) electrons. The van der Waals surface area contributed by atoms with Crippen molar-refractivity contribution in [3.63, 3.8) is 0 Å². The first-order valence-electron chi connectivity index (χ1n) is 8.06. The van der Waals surface area contributed by atoms with Crippen LogP contribution in [0.25, 0.3) is 10.9 Å². The van der Waals surface area contributed by atoms with Gasteiger partial charge in [0.15, 0.2) is 0 Å². The highest BCUT2D eigenvalue weighted by atomic mass is 16.1. The fourth-order valence-electron chi connectivity index (χ4n) is 3.45. The van der Waals surface area contributed by atoms with E-state index in [0.29, 0.717) is 12.5 Å². The summed E-state index contributed by atoms with van der Waals surface area (Å²) in [6.07, 6.45) is 8.24. The van der Waals surface area contributed by atoms with Crippen LogP contribution in [0.3, 0.4) is 0 Å². The van der Waals surface area contributed by atoms with Crippen molar-refractivity contribution in [3.05, 3.63) is 36.0 Å². The minimum Gasteiger partial charge on any atom is -0.361 e. The van der Waals surface area contributed by atoms with E-state index in [1.54, 1.807) is 0 Å². The van der Waals surface area contributed by atoms with Crippen molar-refractivity contribution in [1.82, 2.24) is 10.3 Å². The molecule has 0 bridgehead atoms. The molecular formula is C18H24N2O. The third-order valence-corrected chi connectivity index (χ3v) is 4.60. The first-order valence-corrected chi connectivity index (χ1v) is 8.06. The quantitative estimate of drug-likeness (QED) is 0.881. The van der Waals surface area contributed by atoms with Crippen molar-refractivity contribution >= 4 is 16.8 Å². The maximum Gasteiger partial charge on any atom is 0.220 e. The van der Waals surface area contributed by atoms with Crippen LogP contribution >= 0.6 is 0 Å². The normalized spacial score (nSPS) is 22.3. The number of rotatable bonds is 4. The van der Waals surface area contributed by atoms with E-state index in [4.69, 9.17) is 0 Å². The minimum atomic E-state index is 0.194. The van der Waals surface area contributed by atoms with E-state index in [1.165, 1.54) is 23.8 Å². The Labute approximate surface area is 126 Å². The van der Waals surface area contributed by atoms with Crippen molar-refractivity contribution in [2.45, 2.75) is 51.5 Å². The van der Waals surface area contributed by atoms with Gasteiger partial charge in [-0.25, -0.2) is 0 Å². The Morgan fingerprint density at radius 3 is 3.05 bits per heavy atom. The molecule has 1 amide bonds. The lowest BCUT2D eigenvalue weighted by Gasteiger charge is -2.27. The summed E-state index contributed by atoms with van der Waals surface area (Å²) in [4.78, 5) is 15.4. The minimum absolute atomic E-state index is 0.194. The Hall–Kier alpha value is -1.77. The molecule has 1 aromatic heterocycles. The van der Waals surface area contributed by atoms with E-state index in [0.717, 1.165) is 30.7 Å². The maximum absolute atomic E-state index is 12.1. The zero-order chi connectivity index (χ0) is 14.7. The molecule has 3 rings (SSSR count). The molecule has 112 valence electrons. The van der Waals surface area contributed by atoms with Gasteiger partial charge in [-0.15, -0.1) is 0 Å². The fraction of sp³-hybridized carbons (Fsp3) is 0.500. The number of benzene rings is 1. The second-order valence-corrected chi connectivity index (χ2v) is 6.40. The zero-order valence-corrected chi connectivity index (χ0v) is 12.7. The number of para-hydroxylation sites is 1. The first-order chi connectivity index (χ1) is 10.2. The number of hydrogen-bond donors (Lipinski definition) is 2. The number of hydrogen-bond acceptors (Lipinski definition) is 1. The van der Waals surface area contributed by atoms with Gasteiger partial charge in [0, 0.05) is 29.6 Å². The number of carbonyl (C=O) groups is 1. The summed E-state index contributed by atoms with van der Waals surface area (Å²) in [6, 6.07) is 8.65. The number of fused-ring (bicyclic) bond motifs is 1. The summed E-state index contributed by atoms with van der Waals surface area (Å²) in [6.45, 7) is 2.28. The molecule has 2 N–H and O–H groups in total. The van der Waals surface area contributed by atoms with E-state index in [1.807, 2.05) is 18.3 Å². The van der Waals surface area contributed by atoms with Gasteiger partial charge in [0.1, 0.15) is 0 Å². The van der Waals surface area contributed by atoms with Gasteiger partial charge in [0.25, 0.3) is 0 Å². The Bertz CT molecular complexity index is 616. The van der Waals surface area contributed by atoms with E-state index >= 15 is 0 Å². The average Bonchev–Trinajstić information content (AvgIpc) is 2.88. The molecular weight excluding hydrogens is 260 g/mol. The molecule has 2 atom stereocenters. The molecule has 0 aliphatic heterocycles. The van der Waals surface area contributed by atoms with Crippen LogP contribution in [0.5, 0.6) is 0 Å². The Balaban J connectivity index is 1.54. The predicted octanol–water partition coefficient (Wildman–Crippen LogP) is 3.80. The molecule has 1 aliphatic rings. The SMILES string of the molecule is C[C@H]1CCC[C@@H](NC(=O)CCc2c[nH]c3ccccc23)C1. The predicted molar refractivity (Wildman–Crippen MR) is 86.2 cm³/mol. The van der Waals surface area contributed by atoms with Crippen LogP contribution in [-0.2, 0) is 11.2 Å². The van der Waals surface area contributed by atoms with E-state index in [9.17, 15) is 4.79 Å². The lowest BCUT2D eigenvalue weighted by molar-refractivity contribution is -0.122. The van der Waals surface area contributed by atoms with Gasteiger partial charge < -0.3 is 10.3 Å². The molecule has 3 heteroatoms. The van der Waals surface area contributed by atoms with Crippen LogP contribution in [0, 0.1) is 5.92 Å². The maximum atomic E-state index is 12.1. The topological polar surface area (TPSA) is 44.9 Å². The number of H-pyrrole nitrogens is 1. The summed E-state index contributed by atoms with van der Waals surface area (Å²) >= 11 is 0. The number of aryl methyl sites for hydroxylation is 1. The lowest BCUT2D eigenvalue weighted by atomic mass is 9.87. The fourth-order valence-corrected chi connectivity index (χ4v) is 3.45. The van der Waals surface area contributed by atoms with Gasteiger partial charge >= 0.3 is 0 Å². The number of nitrogens with one attached hydrogen (secondary N) is 2. The third kappa shape index (κ3) is 3.46. The van der Waals surface area contributed by atoms with Crippen LogP contribution in [0.2, 0.25) is 0 Å². The van der Waals surface area contributed by atoms with Gasteiger partial charge in [-0.2, -0.15) is 0 Å². The summed E-state index contributed by atoms with van der Waals surface area (Å²) in [5.41, 5.74) is 2.38. The molecule has 21 heavy (non-hydrogen) atoms. The highest BCUT2D eigenvalue weighted by molar-refractivity contribution is 5.84. The Morgan fingerprint density at radius 1 is 1.33 bits per heavy atom. The summed E-state index contributed by atoms with van der Waals surface area (Å²) in [7, 11) is 0. The van der Waals surface area contributed by atoms with E-state index in [-0.39, 0.29) is 5.91 Å². The summed E-state index contributed by atoms with van der Waals surface area (Å²) < 4.78 is 0. The van der Waals surface area contributed by atoms with Crippen molar-refractivity contribution < 1.29 is 4.79 Å². The highest BCUT2D eigenvalue weighted by Gasteiger charge is 2.20. The van der Waals surface area contributed by atoms with Crippen molar-refractivity contribution in [2.24, 2.45) is 5.92 Å². The van der Waals surface area contributed by atoms with Crippen LogP contribution < -0.4 is 5.32 Å². The molecule has 0 spiro atoms. The van der Waals surface area contributed by atoms with Crippen molar-refractivity contribution in [1.29, 1.82) is 0 Å². The summed E-state index contributed by atoms with van der Waals surface area (Å²) in [5, 5.41) is 4.44. The molecule has 1 aliphatic carbocycles. The highest BCUT2D eigenvalue weighted by Crippen LogP contribution is 2.24. The first kappa shape index (κ1) is 14.2. The number of carbonyl (C=O) groups excluding carboxylic acids is 1. The van der Waals surface area contributed by atoms with Gasteiger partial charge in [-0.05, 0) is 36.8 Å². The summed E-state index contributed by atoms with van der Waals surface area (Å²) in [5.74, 6) is 0.942. The third-order valence-electron chi connectivity index (χ3n) is 4.60. The Kier molecular flexibility index (Phi) is 4.28. The molecule has 0 saturated heterocycles. The van der Waals surface area contributed by atoms with Crippen LogP contribution in [0.15, 0.2) is 30.5 Å². The molecule has 1 aromatic carbocycles. The average molecular weight is 284 g/mol. The standard InChI is InChI=1S/C18H24N2O/c1-13-5-4-6-15(11-13)20-18(21)10-9-14-12-19-17-8-3-2-7-16(14)17/h2-3,7-8,12-13,15,19H,4-6,9-11H2,1H3,(H,20,21)/t13-,15+/m0/s1. The molecule has 1 heterocycles. The second kappa shape index (κ2) is 6.33. The zero-order valence-electron chi connectivity index (χ0n) is 12.7. The number of aromatic nitrogens is 1. The van der Waals surface area contributed by atoms with Crippen LogP contribution in [0.1, 0.15) is 44.6 Å². The number of aromatic amines is 1. The lowest BCUT2D eigenvalue weighted by Crippen LogP contribution is -2.38. The van der Waals surface area contributed by atoms with E-state index in [2.05, 4.69) is 29.4 Å². The van der Waals surface area contributed by atoms with Crippen LogP contribution in [-0.4, -0.2) is 16.9 Å². The molecule has 3 nitrogen and oxygen atoms in total. The molecule has 0 unspecified atom stereocenters. The molecule has 1 saturated carbocycles. The van der Waals surface area contributed by atoms with Gasteiger partial charge in [-0.1, -0.05) is 38.0 Å². The van der Waals surface area contributed by atoms with Crippen molar-refractivity contribution in [2.75, 3.05) is 0 Å². The van der Waals surface area contributed by atoms with Crippen LogP contribution in [0.4, 0.5) is 0 Å². The van der Waals surface area contributed by atoms with Gasteiger partial charge in [0.2, 0.25) is 5.91 Å². The molecule has 2 aromatic rings. The largest absolute Gasteiger partial charge is 0.361 e. The monoisotopic (exact) mass is 284 g/mol. The van der Waals surface area contributed by atoms with E-state index < -0.39 is 0 Å². The smallest absolute Gasteiger partial charge is 0.220 e. The molecule has 1 fully saturated rings. The van der Waals surface area contributed by atoms with Crippen molar-refractivity contribution in [3.8, 4) is 0 Å².